The van der Waals surface area contributed by atoms with E-state index in [1.807, 2.05) is 33.9 Å². The van der Waals surface area contributed by atoms with Crippen molar-refractivity contribution in [3.63, 3.8) is 0 Å². The van der Waals surface area contributed by atoms with Crippen LogP contribution in [0.2, 0.25) is 0 Å². The molecule has 3 aromatic heterocycles. The SMILES string of the molecule is O=C(CSc1nc(-c2cccs2)c(-c2cccs2)[nH]1)N(C1CC1)C1CCS(=O)(=O)C1. The highest BCUT2D eigenvalue weighted by atomic mass is 32.2. The van der Waals surface area contributed by atoms with E-state index in [0.717, 1.165) is 34.0 Å². The first kappa shape index (κ1) is 20.3. The molecule has 3 aromatic rings. The highest BCUT2D eigenvalue weighted by molar-refractivity contribution is 7.99. The number of thioether (sulfide) groups is 1. The second kappa shape index (κ2) is 8.14. The molecule has 1 aliphatic heterocycles. The van der Waals surface area contributed by atoms with Crippen molar-refractivity contribution in [1.82, 2.24) is 14.9 Å². The quantitative estimate of drug-likeness (QED) is 0.515. The molecular weight excluding hydrogens is 459 g/mol. The number of thiophene rings is 2. The van der Waals surface area contributed by atoms with Crippen LogP contribution in [0.25, 0.3) is 21.1 Å². The Morgan fingerprint density at radius 1 is 1.13 bits per heavy atom. The summed E-state index contributed by atoms with van der Waals surface area (Å²) in [6.45, 7) is 0. The van der Waals surface area contributed by atoms with Crippen molar-refractivity contribution in [3.8, 4) is 21.1 Å². The number of rotatable bonds is 7. The lowest BCUT2D eigenvalue weighted by atomic mass is 10.2. The number of carbonyl (C=O) groups excluding carboxylic acids is 1. The van der Waals surface area contributed by atoms with Crippen LogP contribution >= 0.6 is 34.4 Å². The van der Waals surface area contributed by atoms with E-state index < -0.39 is 9.84 Å². The third-order valence-electron chi connectivity index (χ3n) is 5.37. The summed E-state index contributed by atoms with van der Waals surface area (Å²) in [4.78, 5) is 25.2. The number of hydrogen-bond donors (Lipinski definition) is 1. The fourth-order valence-corrected chi connectivity index (χ4v) is 7.77. The van der Waals surface area contributed by atoms with Gasteiger partial charge in [-0.15, -0.1) is 22.7 Å². The van der Waals surface area contributed by atoms with E-state index in [1.165, 1.54) is 11.8 Å². The molecule has 1 N–H and O–H groups in total. The second-order valence-corrected chi connectivity index (χ2v) is 12.7. The number of imidazole rings is 1. The standard InChI is InChI=1S/C20H21N3O3S4/c24-17(23(13-5-6-13)14-7-10-30(25,26)12-14)11-29-20-21-18(15-3-1-8-27-15)19(22-20)16-4-2-9-28-16/h1-4,8-9,13-14H,5-7,10-12H2,(H,21,22). The van der Waals surface area contributed by atoms with Crippen LogP contribution in [0.3, 0.4) is 0 Å². The van der Waals surface area contributed by atoms with Gasteiger partial charge in [0.2, 0.25) is 5.91 Å². The zero-order chi connectivity index (χ0) is 20.7. The number of hydrogen-bond acceptors (Lipinski definition) is 7. The Kier molecular flexibility index (Phi) is 5.51. The Hall–Kier alpha value is -1.62. The Morgan fingerprint density at radius 3 is 2.47 bits per heavy atom. The summed E-state index contributed by atoms with van der Waals surface area (Å²) in [5.41, 5.74) is 1.88. The number of sulfone groups is 1. The van der Waals surface area contributed by atoms with Crippen LogP contribution in [0.1, 0.15) is 19.3 Å². The molecule has 30 heavy (non-hydrogen) atoms. The molecule has 1 saturated carbocycles. The molecule has 5 rings (SSSR count). The lowest BCUT2D eigenvalue weighted by Crippen LogP contribution is -2.43. The first-order valence-electron chi connectivity index (χ1n) is 9.82. The van der Waals surface area contributed by atoms with Crippen LogP contribution < -0.4 is 0 Å². The van der Waals surface area contributed by atoms with Crippen molar-refractivity contribution >= 4 is 50.2 Å². The predicted molar refractivity (Wildman–Crippen MR) is 123 cm³/mol. The molecule has 0 spiro atoms. The van der Waals surface area contributed by atoms with Crippen molar-refractivity contribution in [2.75, 3.05) is 17.3 Å². The Morgan fingerprint density at radius 2 is 1.87 bits per heavy atom. The molecule has 10 heteroatoms. The number of carbonyl (C=O) groups is 1. The number of nitrogens with one attached hydrogen (secondary N) is 1. The monoisotopic (exact) mass is 479 g/mol. The second-order valence-electron chi connectivity index (χ2n) is 7.60. The van der Waals surface area contributed by atoms with Gasteiger partial charge in [-0.2, -0.15) is 0 Å². The largest absolute Gasteiger partial charge is 0.335 e. The van der Waals surface area contributed by atoms with E-state index in [1.54, 1.807) is 22.7 Å². The molecule has 2 fully saturated rings. The number of aromatic nitrogens is 2. The van der Waals surface area contributed by atoms with E-state index in [9.17, 15) is 13.2 Å². The fourth-order valence-electron chi connectivity index (χ4n) is 3.87. The zero-order valence-electron chi connectivity index (χ0n) is 16.1. The average Bonchev–Trinajstić information content (AvgIpc) is 3.19. The summed E-state index contributed by atoms with van der Waals surface area (Å²) in [6, 6.07) is 8.16. The van der Waals surface area contributed by atoms with E-state index in [2.05, 4.69) is 11.1 Å². The number of nitrogens with zero attached hydrogens (tertiary/aromatic N) is 2. The molecule has 4 heterocycles. The highest BCUT2D eigenvalue weighted by Crippen LogP contribution is 2.37. The van der Waals surface area contributed by atoms with Gasteiger partial charge in [0.1, 0.15) is 5.69 Å². The maximum Gasteiger partial charge on any atom is 0.233 e. The number of aromatic amines is 1. The molecule has 6 nitrogen and oxygen atoms in total. The van der Waals surface area contributed by atoms with Crippen LogP contribution in [-0.4, -0.2) is 58.5 Å². The third kappa shape index (κ3) is 4.23. The van der Waals surface area contributed by atoms with Gasteiger partial charge in [-0.3, -0.25) is 4.79 Å². The Bertz CT molecular complexity index is 1080. The van der Waals surface area contributed by atoms with Gasteiger partial charge in [-0.1, -0.05) is 23.9 Å². The summed E-state index contributed by atoms with van der Waals surface area (Å²) >= 11 is 4.68. The number of amides is 1. The molecular formula is C20H21N3O3S4. The van der Waals surface area contributed by atoms with E-state index in [0.29, 0.717) is 11.6 Å². The van der Waals surface area contributed by atoms with E-state index >= 15 is 0 Å². The Balaban J connectivity index is 1.33. The Labute approximate surface area is 187 Å². The molecule has 1 aliphatic carbocycles. The van der Waals surface area contributed by atoms with Crippen LogP contribution in [0, 0.1) is 0 Å². The zero-order valence-corrected chi connectivity index (χ0v) is 19.4. The molecule has 0 bridgehead atoms. The molecule has 1 saturated heterocycles. The van der Waals surface area contributed by atoms with Crippen LogP contribution in [0.15, 0.2) is 40.2 Å². The van der Waals surface area contributed by atoms with E-state index in [4.69, 9.17) is 4.98 Å². The number of H-pyrrole nitrogens is 1. The van der Waals surface area contributed by atoms with Crippen molar-refractivity contribution in [2.24, 2.45) is 0 Å². The van der Waals surface area contributed by atoms with Gasteiger partial charge < -0.3 is 9.88 Å². The van der Waals surface area contributed by atoms with Crippen molar-refractivity contribution in [3.05, 3.63) is 35.0 Å². The first-order chi connectivity index (χ1) is 14.5. The summed E-state index contributed by atoms with van der Waals surface area (Å²) in [5.74, 6) is 0.560. The predicted octanol–water partition coefficient (Wildman–Crippen LogP) is 4.14. The smallest absolute Gasteiger partial charge is 0.233 e. The summed E-state index contributed by atoms with van der Waals surface area (Å²) in [5, 5.41) is 4.78. The molecule has 158 valence electrons. The minimum absolute atomic E-state index is 0.0105. The van der Waals surface area contributed by atoms with Gasteiger partial charge >= 0.3 is 0 Å². The summed E-state index contributed by atoms with van der Waals surface area (Å²) in [6.07, 6.45) is 2.50. The first-order valence-corrected chi connectivity index (χ1v) is 14.4. The third-order valence-corrected chi connectivity index (χ3v) is 9.74. The molecule has 0 aromatic carbocycles. The molecule has 1 unspecified atom stereocenters. The van der Waals surface area contributed by atoms with Gasteiger partial charge in [-0.25, -0.2) is 13.4 Å². The van der Waals surface area contributed by atoms with Gasteiger partial charge in [0.25, 0.3) is 0 Å². The van der Waals surface area contributed by atoms with Gasteiger partial charge in [0.15, 0.2) is 15.0 Å². The summed E-state index contributed by atoms with van der Waals surface area (Å²) in [7, 11) is -3.02. The topological polar surface area (TPSA) is 83.1 Å². The normalized spacial score (nSPS) is 20.5. The maximum atomic E-state index is 13.0. The maximum absolute atomic E-state index is 13.0. The van der Waals surface area contributed by atoms with Crippen molar-refractivity contribution in [1.29, 1.82) is 0 Å². The molecule has 1 atom stereocenters. The fraction of sp³-hybridized carbons (Fsp3) is 0.400. The molecule has 2 aliphatic rings. The van der Waals surface area contributed by atoms with Crippen molar-refractivity contribution in [2.45, 2.75) is 36.5 Å². The minimum Gasteiger partial charge on any atom is -0.335 e. The highest BCUT2D eigenvalue weighted by Gasteiger charge is 2.42. The lowest BCUT2D eigenvalue weighted by molar-refractivity contribution is -0.130. The van der Waals surface area contributed by atoms with Crippen LogP contribution in [0.5, 0.6) is 0 Å². The van der Waals surface area contributed by atoms with Gasteiger partial charge in [0, 0.05) is 12.1 Å². The lowest BCUT2D eigenvalue weighted by Gasteiger charge is -2.28. The molecule has 1 amide bonds. The summed E-state index contributed by atoms with van der Waals surface area (Å²) < 4.78 is 23.8. The average molecular weight is 480 g/mol. The van der Waals surface area contributed by atoms with E-state index in [-0.39, 0.29) is 35.2 Å². The molecule has 0 radical (unpaired) electrons. The van der Waals surface area contributed by atoms with Crippen LogP contribution in [-0.2, 0) is 14.6 Å². The van der Waals surface area contributed by atoms with Gasteiger partial charge in [-0.05, 0) is 42.2 Å². The van der Waals surface area contributed by atoms with Crippen LogP contribution in [0.4, 0.5) is 0 Å². The van der Waals surface area contributed by atoms with Crippen molar-refractivity contribution < 1.29 is 13.2 Å². The minimum atomic E-state index is -3.02. The van der Waals surface area contributed by atoms with Gasteiger partial charge in [0.05, 0.1) is 32.7 Å².